The molecule has 4 N–H and O–H groups in total. The lowest BCUT2D eigenvalue weighted by molar-refractivity contribution is 0.741. The Bertz CT molecular complexity index is 306. The van der Waals surface area contributed by atoms with E-state index in [9.17, 15) is 0 Å². The minimum Gasteiger partial charge on any atom is -0.376 e. The fourth-order valence-electron chi connectivity index (χ4n) is 1.16. The van der Waals surface area contributed by atoms with E-state index >= 15 is 0 Å². The van der Waals surface area contributed by atoms with Crippen LogP contribution in [-0.4, -0.2) is 12.8 Å². The van der Waals surface area contributed by atoms with Gasteiger partial charge in [0.05, 0.1) is 6.04 Å². The fraction of sp³-hybridized carbons (Fsp3) is 0.182. The van der Waals surface area contributed by atoms with Gasteiger partial charge in [0.15, 0.2) is 0 Å². The van der Waals surface area contributed by atoms with Gasteiger partial charge in [-0.05, 0) is 5.56 Å². The van der Waals surface area contributed by atoms with E-state index in [-0.39, 0.29) is 6.04 Å². The standard InChI is InChI=1S/C11H15N3/c1-9(7-12)14-11(8-13)10-5-3-2-4-6-10/h2-6,8,11,13-14H,1,7,12H2/t11-/m1/s1. The Kier molecular flexibility index (Phi) is 3.88. The van der Waals surface area contributed by atoms with Gasteiger partial charge in [0.2, 0.25) is 0 Å². The summed E-state index contributed by atoms with van der Waals surface area (Å²) >= 11 is 0. The summed E-state index contributed by atoms with van der Waals surface area (Å²) in [5, 5.41) is 10.4. The smallest absolute Gasteiger partial charge is 0.0860 e. The Hall–Kier alpha value is -1.61. The molecule has 0 aromatic heterocycles. The van der Waals surface area contributed by atoms with Crippen LogP contribution in [-0.2, 0) is 0 Å². The second-order valence-corrected chi connectivity index (χ2v) is 3.01. The molecular weight excluding hydrogens is 174 g/mol. The molecule has 0 radical (unpaired) electrons. The molecule has 0 bridgehead atoms. The maximum absolute atomic E-state index is 7.30. The Morgan fingerprint density at radius 2 is 2.14 bits per heavy atom. The largest absolute Gasteiger partial charge is 0.376 e. The molecule has 0 amide bonds. The molecule has 0 heterocycles. The zero-order valence-electron chi connectivity index (χ0n) is 8.03. The van der Waals surface area contributed by atoms with E-state index in [2.05, 4.69) is 11.9 Å². The minimum absolute atomic E-state index is 0.132. The van der Waals surface area contributed by atoms with E-state index in [0.717, 1.165) is 11.3 Å². The molecule has 1 aromatic carbocycles. The van der Waals surface area contributed by atoms with Crippen LogP contribution in [0, 0.1) is 5.41 Å². The summed E-state index contributed by atoms with van der Waals surface area (Å²) in [5.41, 5.74) is 7.19. The van der Waals surface area contributed by atoms with Gasteiger partial charge in [-0.2, -0.15) is 0 Å². The summed E-state index contributed by atoms with van der Waals surface area (Å²) in [6.45, 7) is 4.13. The average Bonchev–Trinajstić information content (AvgIpc) is 2.26. The molecule has 1 aromatic rings. The molecule has 0 aliphatic carbocycles. The first kappa shape index (κ1) is 10.5. The third-order valence-electron chi connectivity index (χ3n) is 1.93. The molecule has 0 saturated heterocycles. The van der Waals surface area contributed by atoms with Crippen molar-refractivity contribution in [3.8, 4) is 0 Å². The molecule has 0 spiro atoms. The van der Waals surface area contributed by atoms with Crippen molar-refractivity contribution in [3.05, 3.63) is 48.2 Å². The number of hydrogen-bond donors (Lipinski definition) is 3. The zero-order valence-corrected chi connectivity index (χ0v) is 8.03. The number of hydrogen-bond acceptors (Lipinski definition) is 3. The van der Waals surface area contributed by atoms with Crippen LogP contribution >= 0.6 is 0 Å². The number of nitrogens with two attached hydrogens (primary N) is 1. The average molecular weight is 189 g/mol. The van der Waals surface area contributed by atoms with Gasteiger partial charge < -0.3 is 16.5 Å². The maximum Gasteiger partial charge on any atom is 0.0860 e. The van der Waals surface area contributed by atoms with Crippen LogP contribution in [0.3, 0.4) is 0 Å². The number of benzene rings is 1. The molecule has 74 valence electrons. The predicted molar refractivity (Wildman–Crippen MR) is 59.3 cm³/mol. The third-order valence-corrected chi connectivity index (χ3v) is 1.93. The highest BCUT2D eigenvalue weighted by atomic mass is 14.9. The van der Waals surface area contributed by atoms with E-state index in [1.54, 1.807) is 0 Å². The van der Waals surface area contributed by atoms with Crippen molar-refractivity contribution in [3.63, 3.8) is 0 Å². The normalized spacial score (nSPS) is 11.8. The maximum atomic E-state index is 7.30. The lowest BCUT2D eigenvalue weighted by Crippen LogP contribution is -2.25. The van der Waals surface area contributed by atoms with Crippen LogP contribution in [0.15, 0.2) is 42.6 Å². The van der Waals surface area contributed by atoms with Gasteiger partial charge in [-0.1, -0.05) is 36.9 Å². The first-order valence-electron chi connectivity index (χ1n) is 4.48. The van der Waals surface area contributed by atoms with Gasteiger partial charge >= 0.3 is 0 Å². The summed E-state index contributed by atoms with van der Waals surface area (Å²) in [7, 11) is 0. The summed E-state index contributed by atoms with van der Waals surface area (Å²) in [5.74, 6) is 0. The lowest BCUT2D eigenvalue weighted by Gasteiger charge is -2.16. The summed E-state index contributed by atoms with van der Waals surface area (Å²) in [6.07, 6.45) is 1.34. The molecule has 0 saturated carbocycles. The first-order valence-corrected chi connectivity index (χ1v) is 4.48. The van der Waals surface area contributed by atoms with Gasteiger partial charge in [0.25, 0.3) is 0 Å². The van der Waals surface area contributed by atoms with Crippen molar-refractivity contribution in [1.82, 2.24) is 5.32 Å². The monoisotopic (exact) mass is 189 g/mol. The molecule has 14 heavy (non-hydrogen) atoms. The molecule has 1 rings (SSSR count). The van der Waals surface area contributed by atoms with Crippen LogP contribution in [0.5, 0.6) is 0 Å². The van der Waals surface area contributed by atoms with Gasteiger partial charge in [0, 0.05) is 18.5 Å². The molecule has 3 heteroatoms. The summed E-state index contributed by atoms with van der Waals surface area (Å²) in [4.78, 5) is 0. The second-order valence-electron chi connectivity index (χ2n) is 3.01. The van der Waals surface area contributed by atoms with E-state index in [1.807, 2.05) is 30.3 Å². The van der Waals surface area contributed by atoms with Crippen LogP contribution in [0.1, 0.15) is 11.6 Å². The van der Waals surface area contributed by atoms with Crippen LogP contribution < -0.4 is 11.1 Å². The Labute approximate surface area is 84.1 Å². The highest BCUT2D eigenvalue weighted by Gasteiger charge is 2.06. The summed E-state index contributed by atoms with van der Waals surface area (Å²) < 4.78 is 0. The van der Waals surface area contributed by atoms with Gasteiger partial charge in [-0.3, -0.25) is 0 Å². The van der Waals surface area contributed by atoms with E-state index in [1.165, 1.54) is 6.21 Å². The Morgan fingerprint density at radius 3 is 2.64 bits per heavy atom. The number of rotatable bonds is 5. The molecular formula is C11H15N3. The topological polar surface area (TPSA) is 61.9 Å². The second kappa shape index (κ2) is 5.19. The van der Waals surface area contributed by atoms with Crippen LogP contribution in [0.4, 0.5) is 0 Å². The first-order chi connectivity index (χ1) is 6.77. The zero-order chi connectivity index (χ0) is 10.4. The minimum atomic E-state index is -0.132. The van der Waals surface area contributed by atoms with Crippen molar-refractivity contribution < 1.29 is 0 Å². The molecule has 0 aliphatic heterocycles. The van der Waals surface area contributed by atoms with E-state index in [4.69, 9.17) is 11.1 Å². The van der Waals surface area contributed by atoms with Crippen molar-refractivity contribution in [2.75, 3.05) is 6.54 Å². The van der Waals surface area contributed by atoms with E-state index < -0.39 is 0 Å². The van der Waals surface area contributed by atoms with Gasteiger partial charge in [-0.15, -0.1) is 0 Å². The molecule has 1 atom stereocenters. The molecule has 3 nitrogen and oxygen atoms in total. The quantitative estimate of drug-likeness (QED) is 0.614. The van der Waals surface area contributed by atoms with Gasteiger partial charge in [0.1, 0.15) is 0 Å². The predicted octanol–water partition coefficient (Wildman–Crippen LogP) is 1.44. The van der Waals surface area contributed by atoms with Crippen LogP contribution in [0.2, 0.25) is 0 Å². The Morgan fingerprint density at radius 1 is 1.50 bits per heavy atom. The highest BCUT2D eigenvalue weighted by molar-refractivity contribution is 5.64. The molecule has 0 unspecified atom stereocenters. The molecule has 0 aliphatic rings. The molecule has 0 fully saturated rings. The lowest BCUT2D eigenvalue weighted by atomic mass is 10.1. The van der Waals surface area contributed by atoms with Crippen molar-refractivity contribution >= 4 is 6.21 Å². The van der Waals surface area contributed by atoms with Crippen molar-refractivity contribution in [1.29, 1.82) is 5.41 Å². The van der Waals surface area contributed by atoms with Crippen molar-refractivity contribution in [2.45, 2.75) is 6.04 Å². The Balaban J connectivity index is 2.73. The third kappa shape index (κ3) is 2.71. The highest BCUT2D eigenvalue weighted by Crippen LogP contribution is 2.10. The van der Waals surface area contributed by atoms with Gasteiger partial charge in [-0.25, -0.2) is 0 Å². The fourth-order valence-corrected chi connectivity index (χ4v) is 1.16. The van der Waals surface area contributed by atoms with Crippen molar-refractivity contribution in [2.24, 2.45) is 5.73 Å². The number of nitrogens with one attached hydrogen (secondary N) is 2. The van der Waals surface area contributed by atoms with E-state index in [0.29, 0.717) is 6.54 Å². The van der Waals surface area contributed by atoms with Crippen LogP contribution in [0.25, 0.3) is 0 Å². The summed E-state index contributed by atoms with van der Waals surface area (Å²) in [6, 6.07) is 9.63. The SMILES string of the molecule is C=C(CN)N[C@H](C=N)c1ccccc1.